The van der Waals surface area contributed by atoms with Crippen LogP contribution in [0.4, 0.5) is 0 Å². The van der Waals surface area contributed by atoms with Gasteiger partial charge in [-0.25, -0.2) is 4.98 Å². The zero-order valence-electron chi connectivity index (χ0n) is 11.3. The van der Waals surface area contributed by atoms with Crippen LogP contribution in [-0.2, 0) is 13.5 Å². The van der Waals surface area contributed by atoms with Gasteiger partial charge >= 0.3 is 0 Å². The van der Waals surface area contributed by atoms with Crippen LogP contribution >= 0.6 is 0 Å². The first-order chi connectivity index (χ1) is 8.20. The molecule has 96 valence electrons. The molecule has 0 aliphatic carbocycles. The molecule has 1 N–H and O–H groups in total. The number of hydrogen-bond acceptors (Lipinski definition) is 2. The molecular weight excluding hydrogens is 210 g/mol. The van der Waals surface area contributed by atoms with Gasteiger partial charge in [-0.05, 0) is 31.8 Å². The molecule has 17 heavy (non-hydrogen) atoms. The summed E-state index contributed by atoms with van der Waals surface area (Å²) in [6.45, 7) is 6.66. The second-order valence-corrected chi connectivity index (χ2v) is 4.85. The minimum absolute atomic E-state index is 0.738. The lowest BCUT2D eigenvalue weighted by Gasteiger charge is -2.04. The van der Waals surface area contributed by atoms with Crippen molar-refractivity contribution in [1.29, 1.82) is 0 Å². The Morgan fingerprint density at radius 2 is 2.12 bits per heavy atom. The summed E-state index contributed by atoms with van der Waals surface area (Å²) in [6, 6.07) is 0. The maximum Gasteiger partial charge on any atom is 0.108 e. The lowest BCUT2D eigenvalue weighted by molar-refractivity contribution is 0.556. The summed E-state index contributed by atoms with van der Waals surface area (Å²) >= 11 is 0. The summed E-state index contributed by atoms with van der Waals surface area (Å²) in [5.41, 5.74) is 0. The molecule has 0 amide bonds. The van der Waals surface area contributed by atoms with Gasteiger partial charge in [0.15, 0.2) is 0 Å². The summed E-state index contributed by atoms with van der Waals surface area (Å²) in [6.07, 6.45) is 11.6. The molecule has 1 rings (SSSR count). The smallest absolute Gasteiger partial charge is 0.108 e. The van der Waals surface area contributed by atoms with Crippen LogP contribution in [0.15, 0.2) is 24.5 Å². The van der Waals surface area contributed by atoms with Crippen molar-refractivity contribution in [2.75, 3.05) is 13.1 Å². The fraction of sp³-hybridized carbons (Fsp3) is 0.643. The summed E-state index contributed by atoms with van der Waals surface area (Å²) in [4.78, 5) is 4.30. The highest BCUT2D eigenvalue weighted by Crippen LogP contribution is 2.00. The quantitative estimate of drug-likeness (QED) is 0.554. The lowest BCUT2D eigenvalue weighted by Crippen LogP contribution is -2.20. The van der Waals surface area contributed by atoms with Gasteiger partial charge in [0, 0.05) is 25.9 Å². The van der Waals surface area contributed by atoms with E-state index in [4.69, 9.17) is 0 Å². The number of rotatable bonds is 8. The average molecular weight is 235 g/mol. The molecule has 0 aromatic carbocycles. The number of nitrogens with zero attached hydrogens (tertiary/aromatic N) is 2. The predicted molar refractivity (Wildman–Crippen MR) is 73.0 cm³/mol. The van der Waals surface area contributed by atoms with E-state index in [9.17, 15) is 0 Å². The van der Waals surface area contributed by atoms with Crippen molar-refractivity contribution < 1.29 is 0 Å². The van der Waals surface area contributed by atoms with Gasteiger partial charge in [-0.3, -0.25) is 0 Å². The third kappa shape index (κ3) is 6.27. The Labute approximate surface area is 105 Å². The Kier molecular flexibility index (Phi) is 6.63. The van der Waals surface area contributed by atoms with E-state index >= 15 is 0 Å². The van der Waals surface area contributed by atoms with Crippen LogP contribution in [0.2, 0.25) is 0 Å². The van der Waals surface area contributed by atoms with Gasteiger partial charge in [-0.15, -0.1) is 0 Å². The molecule has 0 bridgehead atoms. The Morgan fingerprint density at radius 1 is 1.35 bits per heavy atom. The zero-order valence-corrected chi connectivity index (χ0v) is 11.3. The van der Waals surface area contributed by atoms with Crippen LogP contribution in [-0.4, -0.2) is 22.6 Å². The standard InChI is InChI=1S/C14H25N3/c1-13(2)12-15-9-7-5-4-6-8-14-16-10-11-17(14)3/h4-5,10-11,13,15H,6-9,12H2,1-3H3/b5-4+. The van der Waals surface area contributed by atoms with Gasteiger partial charge in [-0.1, -0.05) is 26.0 Å². The maximum absolute atomic E-state index is 4.30. The highest BCUT2D eigenvalue weighted by atomic mass is 15.0. The summed E-state index contributed by atoms with van der Waals surface area (Å²) in [7, 11) is 2.04. The van der Waals surface area contributed by atoms with Gasteiger partial charge in [-0.2, -0.15) is 0 Å². The number of aryl methyl sites for hydroxylation is 2. The molecule has 0 atom stereocenters. The van der Waals surface area contributed by atoms with Gasteiger partial charge < -0.3 is 9.88 Å². The molecule has 0 unspecified atom stereocenters. The SMILES string of the molecule is CC(C)CNCC/C=C/CCc1nccn1C. The molecule has 1 heterocycles. The molecule has 0 spiro atoms. The van der Waals surface area contributed by atoms with E-state index in [0.29, 0.717) is 0 Å². The zero-order chi connectivity index (χ0) is 12.5. The van der Waals surface area contributed by atoms with Gasteiger partial charge in [0.2, 0.25) is 0 Å². The first kappa shape index (κ1) is 14.0. The highest BCUT2D eigenvalue weighted by molar-refractivity contribution is 4.94. The molecule has 3 nitrogen and oxygen atoms in total. The van der Waals surface area contributed by atoms with Crippen molar-refractivity contribution in [3.05, 3.63) is 30.4 Å². The van der Waals surface area contributed by atoms with Crippen molar-refractivity contribution in [1.82, 2.24) is 14.9 Å². The maximum atomic E-state index is 4.30. The van der Waals surface area contributed by atoms with Crippen molar-refractivity contribution in [3.63, 3.8) is 0 Å². The van der Waals surface area contributed by atoms with Gasteiger partial charge in [0.05, 0.1) is 0 Å². The summed E-state index contributed by atoms with van der Waals surface area (Å²) < 4.78 is 2.08. The fourth-order valence-corrected chi connectivity index (χ4v) is 1.66. The second kappa shape index (κ2) is 8.07. The van der Waals surface area contributed by atoms with E-state index in [0.717, 1.165) is 44.1 Å². The number of nitrogens with one attached hydrogen (secondary N) is 1. The number of imidazole rings is 1. The van der Waals surface area contributed by atoms with Crippen molar-refractivity contribution in [3.8, 4) is 0 Å². The van der Waals surface area contributed by atoms with E-state index < -0.39 is 0 Å². The van der Waals surface area contributed by atoms with Crippen molar-refractivity contribution in [2.45, 2.75) is 33.1 Å². The van der Waals surface area contributed by atoms with E-state index in [2.05, 4.69) is 40.9 Å². The molecule has 1 aromatic rings. The Morgan fingerprint density at radius 3 is 2.76 bits per heavy atom. The first-order valence-electron chi connectivity index (χ1n) is 6.52. The molecule has 0 saturated carbocycles. The third-order valence-electron chi connectivity index (χ3n) is 2.66. The molecular formula is C14H25N3. The molecule has 0 aliphatic rings. The number of allylic oxidation sites excluding steroid dienone is 1. The normalized spacial score (nSPS) is 11.8. The van der Waals surface area contributed by atoms with Crippen LogP contribution in [0, 0.1) is 5.92 Å². The molecule has 0 aliphatic heterocycles. The fourth-order valence-electron chi connectivity index (χ4n) is 1.66. The average Bonchev–Trinajstić information content (AvgIpc) is 2.68. The number of hydrogen-bond donors (Lipinski definition) is 1. The van der Waals surface area contributed by atoms with E-state index in [-0.39, 0.29) is 0 Å². The topological polar surface area (TPSA) is 29.9 Å². The predicted octanol–water partition coefficient (Wildman–Crippen LogP) is 2.54. The van der Waals surface area contributed by atoms with Crippen LogP contribution in [0.5, 0.6) is 0 Å². The minimum Gasteiger partial charge on any atom is -0.338 e. The highest BCUT2D eigenvalue weighted by Gasteiger charge is 1.95. The monoisotopic (exact) mass is 235 g/mol. The van der Waals surface area contributed by atoms with Gasteiger partial charge in [0.25, 0.3) is 0 Å². The Balaban J connectivity index is 2.01. The van der Waals surface area contributed by atoms with Gasteiger partial charge in [0.1, 0.15) is 5.82 Å². The van der Waals surface area contributed by atoms with Crippen LogP contribution < -0.4 is 5.32 Å². The molecule has 0 saturated heterocycles. The molecule has 0 fully saturated rings. The first-order valence-corrected chi connectivity index (χ1v) is 6.52. The van der Waals surface area contributed by atoms with Crippen molar-refractivity contribution in [2.24, 2.45) is 13.0 Å². The lowest BCUT2D eigenvalue weighted by atomic mass is 10.2. The third-order valence-corrected chi connectivity index (χ3v) is 2.66. The van der Waals surface area contributed by atoms with Crippen LogP contribution in [0.3, 0.4) is 0 Å². The largest absolute Gasteiger partial charge is 0.338 e. The molecule has 0 radical (unpaired) electrons. The van der Waals surface area contributed by atoms with Crippen LogP contribution in [0.25, 0.3) is 0 Å². The summed E-state index contributed by atoms with van der Waals surface area (Å²) in [5.74, 6) is 1.90. The second-order valence-electron chi connectivity index (χ2n) is 4.85. The Hall–Kier alpha value is -1.09. The Bertz CT molecular complexity index is 326. The molecule has 3 heteroatoms. The van der Waals surface area contributed by atoms with Crippen LogP contribution in [0.1, 0.15) is 32.5 Å². The summed E-state index contributed by atoms with van der Waals surface area (Å²) in [5, 5.41) is 3.43. The van der Waals surface area contributed by atoms with Crippen molar-refractivity contribution >= 4 is 0 Å². The van der Waals surface area contributed by atoms with E-state index in [1.807, 2.05) is 19.4 Å². The van der Waals surface area contributed by atoms with E-state index in [1.54, 1.807) is 0 Å². The molecule has 1 aromatic heterocycles. The van der Waals surface area contributed by atoms with E-state index in [1.165, 1.54) is 0 Å². The minimum atomic E-state index is 0.738. The number of aromatic nitrogens is 2.